The molecule has 3 nitrogen and oxygen atoms in total. The van der Waals surface area contributed by atoms with Gasteiger partial charge in [-0.15, -0.1) is 0 Å². The summed E-state index contributed by atoms with van der Waals surface area (Å²) >= 11 is 3.28. The Morgan fingerprint density at radius 2 is 2.00 bits per heavy atom. The van der Waals surface area contributed by atoms with Crippen LogP contribution in [0.4, 0.5) is 10.1 Å². The zero-order valence-electron chi connectivity index (χ0n) is 11.5. The van der Waals surface area contributed by atoms with Crippen LogP contribution in [0.5, 0.6) is 0 Å². The highest BCUT2D eigenvalue weighted by Gasteiger charge is 2.11. The van der Waals surface area contributed by atoms with E-state index in [4.69, 9.17) is 0 Å². The van der Waals surface area contributed by atoms with Gasteiger partial charge >= 0.3 is 0 Å². The zero-order chi connectivity index (χ0) is 15.5. The van der Waals surface area contributed by atoms with Gasteiger partial charge in [-0.25, -0.2) is 4.39 Å². The van der Waals surface area contributed by atoms with E-state index in [0.29, 0.717) is 16.8 Å². The van der Waals surface area contributed by atoms with Crippen molar-refractivity contribution in [2.45, 2.75) is 6.42 Å². The first-order valence-electron chi connectivity index (χ1n) is 6.71. The van der Waals surface area contributed by atoms with Crippen molar-refractivity contribution < 1.29 is 9.18 Å². The SMILES string of the molecule is O=C(Cc1cc(Br)ccc1F)Nc1cccc2cccnc12. The van der Waals surface area contributed by atoms with Gasteiger partial charge in [-0.2, -0.15) is 0 Å². The number of fused-ring (bicyclic) bond motifs is 1. The molecule has 0 spiro atoms. The van der Waals surface area contributed by atoms with E-state index < -0.39 is 5.82 Å². The van der Waals surface area contributed by atoms with Crippen LogP contribution in [0.2, 0.25) is 0 Å². The van der Waals surface area contributed by atoms with Crippen LogP contribution in [0.25, 0.3) is 10.9 Å². The van der Waals surface area contributed by atoms with E-state index in [0.717, 1.165) is 9.86 Å². The van der Waals surface area contributed by atoms with Crippen LogP contribution >= 0.6 is 15.9 Å². The van der Waals surface area contributed by atoms with Crippen LogP contribution in [0.3, 0.4) is 0 Å². The van der Waals surface area contributed by atoms with E-state index >= 15 is 0 Å². The van der Waals surface area contributed by atoms with Gasteiger partial charge < -0.3 is 5.32 Å². The standard InChI is InChI=1S/C17H12BrFN2O/c18-13-6-7-14(19)12(9-13)10-16(22)21-15-5-1-3-11-4-2-8-20-17(11)15/h1-9H,10H2,(H,21,22). The first-order valence-corrected chi connectivity index (χ1v) is 7.50. The molecule has 110 valence electrons. The number of anilines is 1. The van der Waals surface area contributed by atoms with Gasteiger partial charge in [0.05, 0.1) is 17.6 Å². The number of benzene rings is 2. The van der Waals surface area contributed by atoms with Crippen LogP contribution in [-0.2, 0) is 11.2 Å². The minimum absolute atomic E-state index is 0.0332. The smallest absolute Gasteiger partial charge is 0.228 e. The predicted octanol–water partition coefficient (Wildman–Crippen LogP) is 4.32. The normalized spacial score (nSPS) is 10.6. The maximum absolute atomic E-state index is 13.7. The lowest BCUT2D eigenvalue weighted by molar-refractivity contribution is -0.115. The number of hydrogen-bond acceptors (Lipinski definition) is 2. The summed E-state index contributed by atoms with van der Waals surface area (Å²) < 4.78 is 14.4. The second kappa shape index (κ2) is 6.23. The van der Waals surface area contributed by atoms with Crippen LogP contribution in [0, 0.1) is 5.82 Å². The Morgan fingerprint density at radius 3 is 2.86 bits per heavy atom. The summed E-state index contributed by atoms with van der Waals surface area (Å²) in [6.07, 6.45) is 1.64. The third-order valence-corrected chi connectivity index (χ3v) is 3.76. The fourth-order valence-electron chi connectivity index (χ4n) is 2.25. The molecule has 0 saturated carbocycles. The molecule has 0 aliphatic rings. The Hall–Kier alpha value is -2.27. The van der Waals surface area contributed by atoms with E-state index in [2.05, 4.69) is 26.2 Å². The van der Waals surface area contributed by atoms with Crippen LogP contribution in [0.15, 0.2) is 59.2 Å². The van der Waals surface area contributed by atoms with E-state index in [1.165, 1.54) is 6.07 Å². The molecule has 0 radical (unpaired) electrons. The van der Waals surface area contributed by atoms with Gasteiger partial charge in [0, 0.05) is 16.1 Å². The van der Waals surface area contributed by atoms with E-state index in [-0.39, 0.29) is 12.3 Å². The van der Waals surface area contributed by atoms with Gasteiger partial charge in [-0.05, 0) is 35.9 Å². The topological polar surface area (TPSA) is 42.0 Å². The highest BCUT2D eigenvalue weighted by Crippen LogP contribution is 2.21. The highest BCUT2D eigenvalue weighted by atomic mass is 79.9. The monoisotopic (exact) mass is 358 g/mol. The number of para-hydroxylation sites is 1. The van der Waals surface area contributed by atoms with Gasteiger partial charge in [-0.3, -0.25) is 9.78 Å². The third kappa shape index (κ3) is 3.14. The molecule has 1 aromatic heterocycles. The van der Waals surface area contributed by atoms with E-state index in [1.54, 1.807) is 24.4 Å². The molecule has 0 atom stereocenters. The maximum Gasteiger partial charge on any atom is 0.228 e. The predicted molar refractivity (Wildman–Crippen MR) is 88.2 cm³/mol. The molecule has 5 heteroatoms. The van der Waals surface area contributed by atoms with Crippen molar-refractivity contribution in [3.05, 3.63) is 70.6 Å². The largest absolute Gasteiger partial charge is 0.324 e. The fourth-order valence-corrected chi connectivity index (χ4v) is 2.66. The molecular weight excluding hydrogens is 347 g/mol. The quantitative estimate of drug-likeness (QED) is 0.757. The summed E-state index contributed by atoms with van der Waals surface area (Å²) in [4.78, 5) is 16.4. The second-order valence-electron chi connectivity index (χ2n) is 4.84. The molecule has 0 aliphatic carbocycles. The van der Waals surface area contributed by atoms with Gasteiger partial charge in [-0.1, -0.05) is 34.1 Å². The highest BCUT2D eigenvalue weighted by molar-refractivity contribution is 9.10. The van der Waals surface area contributed by atoms with Crippen molar-refractivity contribution in [2.24, 2.45) is 0 Å². The molecule has 0 aliphatic heterocycles. The lowest BCUT2D eigenvalue weighted by Gasteiger charge is -2.08. The molecule has 1 heterocycles. The number of hydrogen-bond donors (Lipinski definition) is 1. The molecule has 3 rings (SSSR count). The molecular formula is C17H12BrFN2O. The number of halogens is 2. The van der Waals surface area contributed by atoms with Gasteiger partial charge in [0.1, 0.15) is 5.82 Å². The number of aromatic nitrogens is 1. The molecule has 0 bridgehead atoms. The van der Waals surface area contributed by atoms with Gasteiger partial charge in [0.2, 0.25) is 5.91 Å². The molecule has 1 N–H and O–H groups in total. The number of pyridine rings is 1. The lowest BCUT2D eigenvalue weighted by atomic mass is 10.1. The Bertz CT molecular complexity index is 846. The minimum atomic E-state index is -0.394. The summed E-state index contributed by atoms with van der Waals surface area (Å²) in [6.45, 7) is 0. The number of nitrogens with one attached hydrogen (secondary N) is 1. The number of carbonyl (C=O) groups is 1. The van der Waals surface area contributed by atoms with Crippen molar-refractivity contribution in [1.82, 2.24) is 4.98 Å². The molecule has 1 amide bonds. The summed E-state index contributed by atoms with van der Waals surface area (Å²) in [5, 5.41) is 3.74. The number of rotatable bonds is 3. The first-order chi connectivity index (χ1) is 10.6. The summed E-state index contributed by atoms with van der Waals surface area (Å²) in [5.41, 5.74) is 1.69. The molecule has 0 fully saturated rings. The van der Waals surface area contributed by atoms with Gasteiger partial charge in [0.15, 0.2) is 0 Å². The Labute approximate surface area is 135 Å². The first kappa shape index (κ1) is 14.7. The van der Waals surface area contributed by atoms with Crippen molar-refractivity contribution in [3.63, 3.8) is 0 Å². The van der Waals surface area contributed by atoms with Crippen LogP contribution < -0.4 is 5.32 Å². The van der Waals surface area contributed by atoms with E-state index in [1.807, 2.05) is 24.3 Å². The number of amides is 1. The van der Waals surface area contributed by atoms with Crippen molar-refractivity contribution in [1.29, 1.82) is 0 Å². The Balaban J connectivity index is 1.83. The average Bonchev–Trinajstić information content (AvgIpc) is 2.51. The maximum atomic E-state index is 13.7. The van der Waals surface area contributed by atoms with Crippen LogP contribution in [-0.4, -0.2) is 10.9 Å². The van der Waals surface area contributed by atoms with E-state index in [9.17, 15) is 9.18 Å². The lowest BCUT2D eigenvalue weighted by Crippen LogP contribution is -2.15. The summed E-state index contributed by atoms with van der Waals surface area (Å²) in [6, 6.07) is 13.9. The molecule has 3 aromatic rings. The van der Waals surface area contributed by atoms with Crippen molar-refractivity contribution in [2.75, 3.05) is 5.32 Å². The number of nitrogens with zero attached hydrogens (tertiary/aromatic N) is 1. The molecule has 0 unspecified atom stereocenters. The van der Waals surface area contributed by atoms with Crippen molar-refractivity contribution in [3.8, 4) is 0 Å². The molecule has 2 aromatic carbocycles. The summed E-state index contributed by atoms with van der Waals surface area (Å²) in [5.74, 6) is -0.676. The number of carbonyl (C=O) groups excluding carboxylic acids is 1. The minimum Gasteiger partial charge on any atom is -0.324 e. The van der Waals surface area contributed by atoms with Gasteiger partial charge in [0.25, 0.3) is 0 Å². The summed E-state index contributed by atoms with van der Waals surface area (Å²) in [7, 11) is 0. The second-order valence-corrected chi connectivity index (χ2v) is 5.76. The Kier molecular flexibility index (Phi) is 4.15. The van der Waals surface area contributed by atoms with Crippen LogP contribution in [0.1, 0.15) is 5.56 Å². The average molecular weight is 359 g/mol. The third-order valence-electron chi connectivity index (χ3n) is 3.27. The fraction of sp³-hybridized carbons (Fsp3) is 0.0588. The molecule has 22 heavy (non-hydrogen) atoms. The molecule has 0 saturated heterocycles. The van der Waals surface area contributed by atoms with Crippen molar-refractivity contribution >= 4 is 38.4 Å². The Morgan fingerprint density at radius 1 is 1.18 bits per heavy atom. The zero-order valence-corrected chi connectivity index (χ0v) is 13.1.